The maximum absolute atomic E-state index is 11.3. The van der Waals surface area contributed by atoms with E-state index in [-0.39, 0.29) is 12.1 Å². The normalized spacial score (nSPS) is 10.2. The van der Waals surface area contributed by atoms with Gasteiger partial charge in [-0.1, -0.05) is 24.3 Å². The number of aryl methyl sites for hydroxylation is 1. The molecule has 0 unspecified atom stereocenters. The average Bonchev–Trinajstić information content (AvgIpc) is 2.26. The van der Waals surface area contributed by atoms with Gasteiger partial charge in [0.2, 0.25) is 0 Å². The Bertz CT molecular complexity index is 369. The number of hydrogen-bond donors (Lipinski definition) is 0. The lowest BCUT2D eigenvalue weighted by molar-refractivity contribution is -0.147. The van der Waals surface area contributed by atoms with E-state index in [9.17, 15) is 9.59 Å². The smallest absolute Gasteiger partial charge is 0.306 e. The zero-order valence-electron chi connectivity index (χ0n) is 9.60. The van der Waals surface area contributed by atoms with E-state index >= 15 is 0 Å². The zero-order valence-corrected chi connectivity index (χ0v) is 9.60. The molecule has 3 nitrogen and oxygen atoms in total. The molecular formula is C13H16O3. The van der Waals surface area contributed by atoms with Gasteiger partial charge >= 0.3 is 5.97 Å². The molecule has 0 bridgehead atoms. The van der Waals surface area contributed by atoms with Crippen LogP contribution in [0.25, 0.3) is 0 Å². The van der Waals surface area contributed by atoms with Gasteiger partial charge in [0.1, 0.15) is 6.29 Å². The molecule has 16 heavy (non-hydrogen) atoms. The predicted octanol–water partition coefficient (Wildman–Crippen LogP) is 2.38. The van der Waals surface area contributed by atoms with Crippen LogP contribution in [0.15, 0.2) is 24.3 Å². The van der Waals surface area contributed by atoms with Gasteiger partial charge < -0.3 is 4.74 Å². The monoisotopic (exact) mass is 220 g/mol. The van der Waals surface area contributed by atoms with Crippen LogP contribution in [0.5, 0.6) is 0 Å². The fourth-order valence-corrected chi connectivity index (χ4v) is 1.44. The third kappa shape index (κ3) is 3.85. The number of ether oxygens (including phenoxy) is 1. The van der Waals surface area contributed by atoms with Gasteiger partial charge in [-0.15, -0.1) is 0 Å². The third-order valence-electron chi connectivity index (χ3n) is 2.15. The molecule has 0 N–H and O–H groups in total. The van der Waals surface area contributed by atoms with E-state index < -0.39 is 0 Å². The van der Waals surface area contributed by atoms with E-state index in [0.29, 0.717) is 18.4 Å². The van der Waals surface area contributed by atoms with Crippen LogP contribution >= 0.6 is 0 Å². The maximum Gasteiger partial charge on any atom is 0.306 e. The van der Waals surface area contributed by atoms with Gasteiger partial charge in [-0.2, -0.15) is 0 Å². The maximum atomic E-state index is 11.3. The number of aldehydes is 1. The highest BCUT2D eigenvalue weighted by molar-refractivity contribution is 5.77. The van der Waals surface area contributed by atoms with Crippen molar-refractivity contribution in [3.8, 4) is 0 Å². The highest BCUT2D eigenvalue weighted by Gasteiger charge is 2.07. The van der Waals surface area contributed by atoms with Crippen LogP contribution in [0.3, 0.4) is 0 Å². The van der Waals surface area contributed by atoms with Crippen LogP contribution in [0.4, 0.5) is 0 Å². The molecule has 0 fully saturated rings. The molecule has 0 amide bonds. The Morgan fingerprint density at radius 3 is 2.69 bits per heavy atom. The van der Waals surface area contributed by atoms with Crippen molar-refractivity contribution in [2.45, 2.75) is 32.8 Å². The molecule has 0 aliphatic heterocycles. The van der Waals surface area contributed by atoms with E-state index in [4.69, 9.17) is 4.74 Å². The van der Waals surface area contributed by atoms with Crippen molar-refractivity contribution in [2.24, 2.45) is 0 Å². The zero-order chi connectivity index (χ0) is 12.0. The average molecular weight is 220 g/mol. The largest absolute Gasteiger partial charge is 0.463 e. The number of hydrogen-bond acceptors (Lipinski definition) is 3. The summed E-state index contributed by atoms with van der Waals surface area (Å²) < 4.78 is 5.02. The number of carbonyl (C=O) groups excluding carboxylic acids is 2. The molecule has 86 valence electrons. The molecule has 3 heteroatoms. The highest BCUT2D eigenvalue weighted by Crippen LogP contribution is 2.09. The fourth-order valence-electron chi connectivity index (χ4n) is 1.44. The van der Waals surface area contributed by atoms with Crippen molar-refractivity contribution in [1.29, 1.82) is 0 Å². The Balaban J connectivity index is 2.54. The summed E-state index contributed by atoms with van der Waals surface area (Å²) in [5.74, 6) is -0.226. The SMILES string of the molecule is CC(C)OC(=O)CCc1ccccc1C=O. The van der Waals surface area contributed by atoms with Crippen LogP contribution in [0.2, 0.25) is 0 Å². The second-order valence-electron chi connectivity index (χ2n) is 3.86. The molecule has 0 aliphatic rings. The second-order valence-corrected chi connectivity index (χ2v) is 3.86. The first-order valence-electron chi connectivity index (χ1n) is 5.36. The van der Waals surface area contributed by atoms with Gasteiger partial charge in [0, 0.05) is 12.0 Å². The van der Waals surface area contributed by atoms with Crippen LogP contribution in [-0.4, -0.2) is 18.4 Å². The lowest BCUT2D eigenvalue weighted by Crippen LogP contribution is -2.12. The van der Waals surface area contributed by atoms with E-state index in [0.717, 1.165) is 11.8 Å². The van der Waals surface area contributed by atoms with E-state index in [2.05, 4.69) is 0 Å². The number of carbonyl (C=O) groups is 2. The van der Waals surface area contributed by atoms with Crippen molar-refractivity contribution >= 4 is 12.3 Å². The third-order valence-corrected chi connectivity index (χ3v) is 2.15. The first-order valence-corrected chi connectivity index (χ1v) is 5.36. The van der Waals surface area contributed by atoms with Crippen LogP contribution < -0.4 is 0 Å². The Labute approximate surface area is 95.4 Å². The van der Waals surface area contributed by atoms with Crippen molar-refractivity contribution in [3.63, 3.8) is 0 Å². The molecule has 1 aromatic rings. The van der Waals surface area contributed by atoms with Gasteiger partial charge in [-0.3, -0.25) is 9.59 Å². The topological polar surface area (TPSA) is 43.4 Å². The Hall–Kier alpha value is -1.64. The van der Waals surface area contributed by atoms with Crippen molar-refractivity contribution < 1.29 is 14.3 Å². The summed E-state index contributed by atoms with van der Waals surface area (Å²) in [5, 5.41) is 0. The minimum absolute atomic E-state index is 0.0891. The van der Waals surface area contributed by atoms with Gasteiger partial charge in [0.05, 0.1) is 6.10 Å². The summed E-state index contributed by atoms with van der Waals surface area (Å²) in [4.78, 5) is 22.0. The number of esters is 1. The number of rotatable bonds is 5. The van der Waals surface area contributed by atoms with Crippen LogP contribution in [-0.2, 0) is 16.0 Å². The van der Waals surface area contributed by atoms with Crippen molar-refractivity contribution in [1.82, 2.24) is 0 Å². The van der Waals surface area contributed by atoms with Gasteiger partial charge in [-0.25, -0.2) is 0 Å². The Morgan fingerprint density at radius 1 is 1.38 bits per heavy atom. The molecule has 0 heterocycles. The lowest BCUT2D eigenvalue weighted by atomic mass is 10.0. The first kappa shape index (κ1) is 12.4. The van der Waals surface area contributed by atoms with Gasteiger partial charge in [0.25, 0.3) is 0 Å². The molecule has 1 rings (SSSR count). The minimum atomic E-state index is -0.226. The minimum Gasteiger partial charge on any atom is -0.463 e. The summed E-state index contributed by atoms with van der Waals surface area (Å²) in [7, 11) is 0. The molecular weight excluding hydrogens is 204 g/mol. The molecule has 0 atom stereocenters. The summed E-state index contributed by atoms with van der Waals surface area (Å²) in [6, 6.07) is 7.26. The predicted molar refractivity (Wildman–Crippen MR) is 61.4 cm³/mol. The highest BCUT2D eigenvalue weighted by atomic mass is 16.5. The quantitative estimate of drug-likeness (QED) is 0.565. The van der Waals surface area contributed by atoms with Crippen LogP contribution in [0.1, 0.15) is 36.2 Å². The standard InChI is InChI=1S/C13H16O3/c1-10(2)16-13(15)8-7-11-5-3-4-6-12(11)9-14/h3-6,9-10H,7-8H2,1-2H3. The first-order chi connectivity index (χ1) is 7.63. The Kier molecular flexibility index (Phi) is 4.70. The summed E-state index contributed by atoms with van der Waals surface area (Å²) in [5.41, 5.74) is 1.53. The lowest BCUT2D eigenvalue weighted by Gasteiger charge is -2.08. The van der Waals surface area contributed by atoms with E-state index in [1.165, 1.54) is 0 Å². The summed E-state index contributed by atoms with van der Waals surface area (Å²) >= 11 is 0. The molecule has 0 spiro atoms. The molecule has 0 aliphatic carbocycles. The van der Waals surface area contributed by atoms with Gasteiger partial charge in [0.15, 0.2) is 0 Å². The fraction of sp³-hybridized carbons (Fsp3) is 0.385. The molecule has 0 saturated carbocycles. The van der Waals surface area contributed by atoms with Crippen molar-refractivity contribution in [3.05, 3.63) is 35.4 Å². The van der Waals surface area contributed by atoms with Gasteiger partial charge in [-0.05, 0) is 25.8 Å². The molecule has 0 saturated heterocycles. The summed E-state index contributed by atoms with van der Waals surface area (Å²) in [6.07, 6.45) is 1.57. The van der Waals surface area contributed by atoms with Crippen molar-refractivity contribution in [2.75, 3.05) is 0 Å². The van der Waals surface area contributed by atoms with E-state index in [1.807, 2.05) is 26.0 Å². The van der Waals surface area contributed by atoms with Crippen LogP contribution in [0, 0.1) is 0 Å². The summed E-state index contributed by atoms with van der Waals surface area (Å²) in [6.45, 7) is 3.63. The molecule has 0 aromatic heterocycles. The molecule has 0 radical (unpaired) electrons. The molecule has 1 aromatic carbocycles. The second kappa shape index (κ2) is 6.05. The Morgan fingerprint density at radius 2 is 2.06 bits per heavy atom. The van der Waals surface area contributed by atoms with E-state index in [1.54, 1.807) is 12.1 Å². The number of benzene rings is 1.